The minimum absolute atomic E-state index is 0.205. The number of aliphatic hydroxyl groups excluding tert-OH is 1. The van der Waals surface area contributed by atoms with Crippen molar-refractivity contribution in [1.29, 1.82) is 0 Å². The SMILES string of the molecule is Cc1ccc([C@@H]2C[C@@H](O)C(=O)N2C)c[n+]1[O-]. The molecule has 0 spiro atoms. The van der Waals surface area contributed by atoms with Crippen molar-refractivity contribution in [3.63, 3.8) is 0 Å². The third kappa shape index (κ3) is 1.63. The fourth-order valence-electron chi connectivity index (χ4n) is 1.99. The van der Waals surface area contributed by atoms with Gasteiger partial charge in [0, 0.05) is 32.0 Å². The Kier molecular flexibility index (Phi) is 2.55. The van der Waals surface area contributed by atoms with Gasteiger partial charge in [-0.15, -0.1) is 0 Å². The molecule has 1 aromatic heterocycles. The molecular formula is C11H14N2O3. The highest BCUT2D eigenvalue weighted by atomic mass is 16.5. The Balaban J connectivity index is 2.32. The van der Waals surface area contributed by atoms with Gasteiger partial charge < -0.3 is 15.2 Å². The Morgan fingerprint density at radius 2 is 2.25 bits per heavy atom. The number of amides is 1. The van der Waals surface area contributed by atoms with Gasteiger partial charge in [-0.2, -0.15) is 4.73 Å². The van der Waals surface area contributed by atoms with E-state index in [0.717, 1.165) is 10.3 Å². The smallest absolute Gasteiger partial charge is 0.251 e. The van der Waals surface area contributed by atoms with E-state index in [-0.39, 0.29) is 11.9 Å². The van der Waals surface area contributed by atoms with Crippen molar-refractivity contribution in [2.45, 2.75) is 25.5 Å². The van der Waals surface area contributed by atoms with Crippen LogP contribution in [0.3, 0.4) is 0 Å². The molecule has 2 rings (SSSR count). The van der Waals surface area contributed by atoms with Crippen molar-refractivity contribution in [3.05, 3.63) is 34.8 Å². The van der Waals surface area contributed by atoms with Crippen LogP contribution in [0.4, 0.5) is 0 Å². The number of aliphatic hydroxyl groups is 1. The normalized spacial score (nSPS) is 25.2. The highest BCUT2D eigenvalue weighted by Crippen LogP contribution is 2.30. The standard InChI is InChI=1S/C11H14N2O3/c1-7-3-4-8(6-13(7)16)9-5-10(14)11(15)12(9)2/h3-4,6,9-10,14H,5H2,1-2H3/t9-,10+/m0/s1. The Labute approximate surface area is 93.5 Å². The Morgan fingerprint density at radius 3 is 2.75 bits per heavy atom. The molecule has 2 heterocycles. The number of carbonyl (C=O) groups excluding carboxylic acids is 1. The molecule has 0 unspecified atom stereocenters. The van der Waals surface area contributed by atoms with Gasteiger partial charge >= 0.3 is 0 Å². The first-order valence-corrected chi connectivity index (χ1v) is 5.15. The number of likely N-dealkylation sites (tertiary alicyclic amines) is 1. The van der Waals surface area contributed by atoms with Crippen LogP contribution in [0.25, 0.3) is 0 Å². The first-order chi connectivity index (χ1) is 7.50. The highest BCUT2D eigenvalue weighted by molar-refractivity contribution is 5.83. The summed E-state index contributed by atoms with van der Waals surface area (Å²) in [5.74, 6) is -0.289. The molecule has 86 valence electrons. The number of pyridine rings is 1. The Hall–Kier alpha value is -1.62. The summed E-state index contributed by atoms with van der Waals surface area (Å²) < 4.78 is 0.776. The van der Waals surface area contributed by atoms with Gasteiger partial charge in [-0.1, -0.05) is 0 Å². The van der Waals surface area contributed by atoms with E-state index in [9.17, 15) is 15.1 Å². The first-order valence-electron chi connectivity index (χ1n) is 5.15. The molecule has 1 aromatic rings. The summed E-state index contributed by atoms with van der Waals surface area (Å²) in [6.45, 7) is 1.72. The van der Waals surface area contributed by atoms with Crippen LogP contribution in [-0.4, -0.2) is 29.1 Å². The monoisotopic (exact) mass is 222 g/mol. The van der Waals surface area contributed by atoms with Gasteiger partial charge in [-0.3, -0.25) is 4.79 Å². The van der Waals surface area contributed by atoms with Crippen molar-refractivity contribution >= 4 is 5.91 Å². The molecule has 1 aliphatic heterocycles. The van der Waals surface area contributed by atoms with Crippen LogP contribution in [0.1, 0.15) is 23.7 Å². The van der Waals surface area contributed by atoms with Crippen LogP contribution < -0.4 is 4.73 Å². The second-order valence-corrected chi connectivity index (χ2v) is 4.15. The van der Waals surface area contributed by atoms with Gasteiger partial charge in [-0.25, -0.2) is 0 Å². The third-order valence-electron chi connectivity index (χ3n) is 3.06. The number of hydrogen-bond donors (Lipinski definition) is 1. The van der Waals surface area contributed by atoms with E-state index >= 15 is 0 Å². The molecule has 5 nitrogen and oxygen atoms in total. The summed E-state index contributed by atoms with van der Waals surface area (Å²) in [4.78, 5) is 12.9. The van der Waals surface area contributed by atoms with Crippen LogP contribution in [0, 0.1) is 12.1 Å². The highest BCUT2D eigenvalue weighted by Gasteiger charge is 2.37. The summed E-state index contributed by atoms with van der Waals surface area (Å²) in [5.41, 5.74) is 1.37. The summed E-state index contributed by atoms with van der Waals surface area (Å²) in [6, 6.07) is 3.32. The molecule has 1 saturated heterocycles. The van der Waals surface area contributed by atoms with Crippen LogP contribution in [0.15, 0.2) is 18.3 Å². The fraction of sp³-hybridized carbons (Fsp3) is 0.455. The van der Waals surface area contributed by atoms with E-state index in [1.54, 1.807) is 20.0 Å². The Bertz CT molecular complexity index is 433. The van der Waals surface area contributed by atoms with Crippen molar-refractivity contribution in [3.8, 4) is 0 Å². The predicted octanol–water partition coefficient (Wildman–Crippen LogP) is -0.107. The minimum atomic E-state index is -0.948. The number of aryl methyl sites for hydroxylation is 1. The molecule has 1 N–H and O–H groups in total. The molecule has 0 bridgehead atoms. The summed E-state index contributed by atoms with van der Waals surface area (Å²) in [6.07, 6.45) is 0.858. The van der Waals surface area contributed by atoms with Crippen molar-refractivity contribution < 1.29 is 14.6 Å². The maximum atomic E-state index is 11.4. The lowest BCUT2D eigenvalue weighted by Crippen LogP contribution is -2.32. The van der Waals surface area contributed by atoms with Crippen molar-refractivity contribution in [2.75, 3.05) is 7.05 Å². The van der Waals surface area contributed by atoms with E-state index in [1.807, 2.05) is 6.07 Å². The van der Waals surface area contributed by atoms with E-state index in [0.29, 0.717) is 12.1 Å². The lowest BCUT2D eigenvalue weighted by molar-refractivity contribution is -0.612. The van der Waals surface area contributed by atoms with Crippen molar-refractivity contribution in [2.24, 2.45) is 0 Å². The third-order valence-corrected chi connectivity index (χ3v) is 3.06. The Morgan fingerprint density at radius 1 is 1.56 bits per heavy atom. The molecule has 1 amide bonds. The average molecular weight is 222 g/mol. The van der Waals surface area contributed by atoms with E-state index in [2.05, 4.69) is 0 Å². The van der Waals surface area contributed by atoms with Crippen LogP contribution in [-0.2, 0) is 4.79 Å². The van der Waals surface area contributed by atoms with Gasteiger partial charge in [0.1, 0.15) is 6.10 Å². The van der Waals surface area contributed by atoms with Gasteiger partial charge in [0.25, 0.3) is 5.91 Å². The summed E-state index contributed by atoms with van der Waals surface area (Å²) >= 11 is 0. The fourth-order valence-corrected chi connectivity index (χ4v) is 1.99. The lowest BCUT2D eigenvalue weighted by Gasteiger charge is -2.18. The largest absolute Gasteiger partial charge is 0.618 e. The zero-order valence-corrected chi connectivity index (χ0v) is 9.25. The maximum Gasteiger partial charge on any atom is 0.251 e. The molecule has 0 aliphatic carbocycles. The van der Waals surface area contributed by atoms with Gasteiger partial charge in [0.15, 0.2) is 11.9 Å². The number of nitrogens with zero attached hydrogens (tertiary/aromatic N) is 2. The quantitative estimate of drug-likeness (QED) is 0.532. The first kappa shape index (κ1) is 10.9. The molecule has 16 heavy (non-hydrogen) atoms. The molecule has 1 fully saturated rings. The molecule has 0 saturated carbocycles. The van der Waals surface area contributed by atoms with Gasteiger partial charge in [0.05, 0.1) is 6.04 Å². The number of carbonyl (C=O) groups is 1. The lowest BCUT2D eigenvalue weighted by atomic mass is 10.1. The summed E-state index contributed by atoms with van der Waals surface area (Å²) in [5, 5.41) is 20.9. The topological polar surface area (TPSA) is 67.5 Å². The second-order valence-electron chi connectivity index (χ2n) is 4.15. The molecular weight excluding hydrogens is 208 g/mol. The maximum absolute atomic E-state index is 11.4. The molecule has 0 radical (unpaired) electrons. The zero-order valence-electron chi connectivity index (χ0n) is 9.25. The number of aromatic nitrogens is 1. The predicted molar refractivity (Wildman–Crippen MR) is 56.3 cm³/mol. The number of rotatable bonds is 1. The van der Waals surface area contributed by atoms with Crippen molar-refractivity contribution in [1.82, 2.24) is 4.90 Å². The molecule has 0 aromatic carbocycles. The second kappa shape index (κ2) is 3.75. The minimum Gasteiger partial charge on any atom is -0.618 e. The van der Waals surface area contributed by atoms with E-state index < -0.39 is 6.10 Å². The number of likely N-dealkylation sites (N-methyl/N-ethyl adjacent to an activating group) is 1. The zero-order chi connectivity index (χ0) is 11.9. The van der Waals surface area contributed by atoms with E-state index in [4.69, 9.17) is 0 Å². The van der Waals surface area contributed by atoms with Crippen LogP contribution in [0.5, 0.6) is 0 Å². The van der Waals surface area contributed by atoms with E-state index in [1.165, 1.54) is 11.1 Å². The molecule has 2 atom stereocenters. The van der Waals surface area contributed by atoms with Crippen LogP contribution in [0.2, 0.25) is 0 Å². The number of hydrogen-bond acceptors (Lipinski definition) is 3. The summed E-state index contributed by atoms with van der Waals surface area (Å²) in [7, 11) is 1.64. The van der Waals surface area contributed by atoms with Crippen LogP contribution >= 0.6 is 0 Å². The van der Waals surface area contributed by atoms with Gasteiger partial charge in [0.2, 0.25) is 0 Å². The van der Waals surface area contributed by atoms with Gasteiger partial charge in [-0.05, 0) is 6.07 Å². The molecule has 1 aliphatic rings. The average Bonchev–Trinajstić information content (AvgIpc) is 2.50. The molecule has 5 heteroatoms.